The molecule has 0 aliphatic heterocycles. The topological polar surface area (TPSA) is 72.9 Å². The Balaban J connectivity index is 2.49. The van der Waals surface area contributed by atoms with E-state index in [1.165, 1.54) is 0 Å². The summed E-state index contributed by atoms with van der Waals surface area (Å²) in [5.41, 5.74) is 5.69. The minimum atomic E-state index is 0.0347. The van der Waals surface area contributed by atoms with Gasteiger partial charge in [0.2, 0.25) is 5.91 Å². The first-order valence-corrected chi connectivity index (χ1v) is 6.89. The fourth-order valence-electron chi connectivity index (χ4n) is 2.00. The Morgan fingerprint density at radius 2 is 2.16 bits per heavy atom. The van der Waals surface area contributed by atoms with Crippen LogP contribution in [0.3, 0.4) is 0 Å². The molecule has 0 unspecified atom stereocenters. The van der Waals surface area contributed by atoms with Crippen LogP contribution in [0, 0.1) is 5.41 Å². The lowest BCUT2D eigenvalue weighted by atomic mass is 9.84. The summed E-state index contributed by atoms with van der Waals surface area (Å²) in [6.45, 7) is 9.02. The van der Waals surface area contributed by atoms with Gasteiger partial charge in [-0.05, 0) is 38.6 Å². The van der Waals surface area contributed by atoms with Gasteiger partial charge >= 0.3 is 0 Å². The summed E-state index contributed by atoms with van der Waals surface area (Å²) in [5, 5.41) is 7.11. The van der Waals surface area contributed by atoms with Gasteiger partial charge in [-0.15, -0.1) is 0 Å². The second-order valence-electron chi connectivity index (χ2n) is 6.01. The maximum absolute atomic E-state index is 12.0. The van der Waals surface area contributed by atoms with E-state index in [-0.39, 0.29) is 17.4 Å². The van der Waals surface area contributed by atoms with Crippen molar-refractivity contribution < 1.29 is 4.79 Å². The maximum atomic E-state index is 12.0. The molecule has 0 aliphatic carbocycles. The molecular formula is C14H26N4O. The zero-order valence-corrected chi connectivity index (χ0v) is 12.4. The van der Waals surface area contributed by atoms with Gasteiger partial charge in [0, 0.05) is 18.5 Å². The van der Waals surface area contributed by atoms with Crippen LogP contribution in [0.4, 0.5) is 5.82 Å². The van der Waals surface area contributed by atoms with Crippen LogP contribution in [0.2, 0.25) is 0 Å². The predicted octanol–water partition coefficient (Wildman–Crippen LogP) is 2.56. The first-order valence-electron chi connectivity index (χ1n) is 6.89. The van der Waals surface area contributed by atoms with E-state index in [1.807, 2.05) is 24.6 Å². The monoisotopic (exact) mass is 266 g/mol. The number of nitrogens with zero attached hydrogens (tertiary/aromatic N) is 2. The summed E-state index contributed by atoms with van der Waals surface area (Å²) in [4.78, 5) is 12.0. The molecule has 0 saturated heterocycles. The summed E-state index contributed by atoms with van der Waals surface area (Å²) in [5.74, 6) is 0.795. The molecule has 0 atom stereocenters. The average molecular weight is 266 g/mol. The first kappa shape index (κ1) is 15.7. The van der Waals surface area contributed by atoms with Gasteiger partial charge in [0.1, 0.15) is 5.82 Å². The smallest absolute Gasteiger partial charge is 0.225 e. The van der Waals surface area contributed by atoms with Gasteiger partial charge in [-0.1, -0.05) is 13.8 Å². The molecule has 1 aromatic rings. The highest BCUT2D eigenvalue weighted by Gasteiger charge is 2.19. The molecule has 0 bridgehead atoms. The largest absolute Gasteiger partial charge is 0.330 e. The van der Waals surface area contributed by atoms with Crippen molar-refractivity contribution in [2.45, 2.75) is 53.0 Å². The van der Waals surface area contributed by atoms with Gasteiger partial charge in [-0.3, -0.25) is 4.79 Å². The number of anilines is 1. The number of rotatable bonds is 7. The third-order valence-electron chi connectivity index (χ3n) is 3.28. The fourth-order valence-corrected chi connectivity index (χ4v) is 2.00. The molecule has 5 nitrogen and oxygen atoms in total. The molecule has 1 rings (SSSR count). The number of nitrogens with two attached hydrogens (primary N) is 1. The zero-order chi connectivity index (χ0) is 14.5. The highest BCUT2D eigenvalue weighted by Crippen LogP contribution is 2.26. The lowest BCUT2D eigenvalue weighted by Crippen LogP contribution is -2.21. The summed E-state index contributed by atoms with van der Waals surface area (Å²) in [7, 11) is 0. The highest BCUT2D eigenvalue weighted by molar-refractivity contribution is 5.89. The lowest BCUT2D eigenvalue weighted by Gasteiger charge is -2.23. The van der Waals surface area contributed by atoms with Crippen LogP contribution in [0.5, 0.6) is 0 Å². The highest BCUT2D eigenvalue weighted by atomic mass is 16.1. The number of hydrogen-bond acceptors (Lipinski definition) is 3. The second kappa shape index (κ2) is 6.70. The number of aromatic nitrogens is 2. The molecule has 0 aliphatic rings. The Labute approximate surface area is 115 Å². The Kier molecular flexibility index (Phi) is 5.54. The van der Waals surface area contributed by atoms with Gasteiger partial charge in [0.05, 0.1) is 6.20 Å². The number of amides is 1. The van der Waals surface area contributed by atoms with Crippen molar-refractivity contribution in [2.75, 3.05) is 11.9 Å². The van der Waals surface area contributed by atoms with E-state index >= 15 is 0 Å². The molecular weight excluding hydrogens is 240 g/mol. The molecule has 1 amide bonds. The molecule has 0 radical (unpaired) electrons. The quantitative estimate of drug-likeness (QED) is 0.796. The molecule has 0 saturated carbocycles. The van der Waals surface area contributed by atoms with Crippen LogP contribution in [0.15, 0.2) is 12.3 Å². The van der Waals surface area contributed by atoms with E-state index < -0.39 is 0 Å². The van der Waals surface area contributed by atoms with Crippen molar-refractivity contribution in [3.63, 3.8) is 0 Å². The summed E-state index contributed by atoms with van der Waals surface area (Å²) in [6, 6.07) is 2.06. The number of nitrogens with one attached hydrogen (secondary N) is 1. The SMILES string of the molecule is CC(C)n1nccc1NC(=O)CCC(C)(C)CCN. The molecule has 108 valence electrons. The first-order chi connectivity index (χ1) is 8.85. The standard InChI is InChI=1S/C14H26N4O/c1-11(2)18-12(6-10-16-18)17-13(19)5-7-14(3,4)8-9-15/h6,10-11H,5,7-9,15H2,1-4H3,(H,17,19). The average Bonchev–Trinajstić information content (AvgIpc) is 2.75. The molecule has 3 N–H and O–H groups in total. The van der Waals surface area contributed by atoms with Crippen LogP contribution in [-0.2, 0) is 4.79 Å². The normalized spacial score (nSPS) is 11.9. The maximum Gasteiger partial charge on any atom is 0.225 e. The van der Waals surface area contributed by atoms with E-state index in [9.17, 15) is 4.79 Å². The fraction of sp³-hybridized carbons (Fsp3) is 0.714. The number of hydrogen-bond donors (Lipinski definition) is 2. The van der Waals surface area contributed by atoms with E-state index in [0.717, 1.165) is 18.7 Å². The van der Waals surface area contributed by atoms with Crippen molar-refractivity contribution in [2.24, 2.45) is 11.1 Å². The van der Waals surface area contributed by atoms with Crippen molar-refractivity contribution >= 4 is 11.7 Å². The number of carbonyl (C=O) groups is 1. The molecule has 0 spiro atoms. The summed E-state index contributed by atoms with van der Waals surface area (Å²) < 4.78 is 1.81. The van der Waals surface area contributed by atoms with Crippen molar-refractivity contribution in [3.05, 3.63) is 12.3 Å². The van der Waals surface area contributed by atoms with Gasteiger partial charge in [-0.2, -0.15) is 5.10 Å². The molecule has 0 fully saturated rings. The Morgan fingerprint density at radius 1 is 1.47 bits per heavy atom. The van der Waals surface area contributed by atoms with Crippen LogP contribution < -0.4 is 11.1 Å². The van der Waals surface area contributed by atoms with Crippen molar-refractivity contribution in [3.8, 4) is 0 Å². The Morgan fingerprint density at radius 3 is 2.74 bits per heavy atom. The van der Waals surface area contributed by atoms with Gasteiger partial charge in [-0.25, -0.2) is 4.68 Å². The van der Waals surface area contributed by atoms with Crippen molar-refractivity contribution in [1.82, 2.24) is 9.78 Å². The van der Waals surface area contributed by atoms with E-state index in [1.54, 1.807) is 6.20 Å². The van der Waals surface area contributed by atoms with Gasteiger partial charge in [0.15, 0.2) is 0 Å². The molecule has 5 heteroatoms. The molecule has 1 aromatic heterocycles. The Bertz CT molecular complexity index is 409. The van der Waals surface area contributed by atoms with Gasteiger partial charge < -0.3 is 11.1 Å². The third-order valence-corrected chi connectivity index (χ3v) is 3.28. The minimum Gasteiger partial charge on any atom is -0.330 e. The lowest BCUT2D eigenvalue weighted by molar-refractivity contribution is -0.116. The van der Waals surface area contributed by atoms with E-state index in [2.05, 4.69) is 24.3 Å². The van der Waals surface area contributed by atoms with Crippen LogP contribution in [-0.4, -0.2) is 22.2 Å². The predicted molar refractivity (Wildman–Crippen MR) is 77.9 cm³/mol. The third kappa shape index (κ3) is 5.03. The second-order valence-corrected chi connectivity index (χ2v) is 6.01. The summed E-state index contributed by atoms with van der Waals surface area (Å²) in [6.07, 6.45) is 3.99. The summed E-state index contributed by atoms with van der Waals surface area (Å²) >= 11 is 0. The Hall–Kier alpha value is -1.36. The number of carbonyl (C=O) groups excluding carboxylic acids is 1. The molecule has 0 aromatic carbocycles. The van der Waals surface area contributed by atoms with Gasteiger partial charge in [0.25, 0.3) is 0 Å². The van der Waals surface area contributed by atoms with E-state index in [0.29, 0.717) is 13.0 Å². The zero-order valence-electron chi connectivity index (χ0n) is 12.4. The minimum absolute atomic E-state index is 0.0347. The van der Waals surface area contributed by atoms with E-state index in [4.69, 9.17) is 5.73 Å². The van der Waals surface area contributed by atoms with Crippen molar-refractivity contribution in [1.29, 1.82) is 0 Å². The van der Waals surface area contributed by atoms with Crippen LogP contribution in [0.1, 0.15) is 53.0 Å². The van der Waals surface area contributed by atoms with Crippen LogP contribution >= 0.6 is 0 Å². The molecule has 19 heavy (non-hydrogen) atoms. The molecule has 1 heterocycles. The van der Waals surface area contributed by atoms with Crippen LogP contribution in [0.25, 0.3) is 0 Å².